The van der Waals surface area contributed by atoms with Crippen LogP contribution < -0.4 is 5.32 Å². The zero-order valence-corrected chi connectivity index (χ0v) is 9.50. The monoisotopic (exact) mass is 240 g/mol. The summed E-state index contributed by atoms with van der Waals surface area (Å²) in [4.78, 5) is 13.7. The summed E-state index contributed by atoms with van der Waals surface area (Å²) in [6, 6.07) is 4.55. The topological polar surface area (TPSA) is 52.6 Å². The first-order chi connectivity index (χ1) is 7.68. The van der Waals surface area contributed by atoms with Crippen LogP contribution >= 0.6 is 11.6 Å². The number of hydrogen-bond donors (Lipinski definition) is 2. The number of rotatable bonds is 1. The molecule has 1 fully saturated rings. The maximum Gasteiger partial charge on any atom is 0.257 e. The van der Waals surface area contributed by atoms with Gasteiger partial charge in [0.1, 0.15) is 5.75 Å². The maximum absolute atomic E-state index is 12.0. The van der Waals surface area contributed by atoms with Crippen molar-refractivity contribution >= 4 is 17.5 Å². The van der Waals surface area contributed by atoms with Gasteiger partial charge in [0.05, 0.1) is 5.56 Å². The molecule has 0 atom stereocenters. The SMILES string of the molecule is O=C(c1ccc(Cl)cc1O)N1CCNCC1. The first-order valence-corrected chi connectivity index (χ1v) is 5.55. The maximum atomic E-state index is 12.0. The van der Waals surface area contributed by atoms with Gasteiger partial charge in [-0.2, -0.15) is 0 Å². The predicted octanol–water partition coefficient (Wildman–Crippen LogP) is 1.09. The molecule has 1 amide bonds. The van der Waals surface area contributed by atoms with E-state index >= 15 is 0 Å². The van der Waals surface area contributed by atoms with Gasteiger partial charge < -0.3 is 15.3 Å². The van der Waals surface area contributed by atoms with E-state index in [9.17, 15) is 9.90 Å². The van der Waals surface area contributed by atoms with Crippen molar-refractivity contribution in [3.8, 4) is 5.75 Å². The van der Waals surface area contributed by atoms with Crippen LogP contribution in [0.3, 0.4) is 0 Å². The standard InChI is InChI=1S/C11H13ClN2O2/c12-8-1-2-9(10(15)7-8)11(16)14-5-3-13-4-6-14/h1-2,7,13,15H,3-6H2. The molecule has 0 bridgehead atoms. The molecular formula is C11H13ClN2O2. The molecule has 1 aromatic carbocycles. The number of nitrogens with one attached hydrogen (secondary N) is 1. The molecule has 86 valence electrons. The summed E-state index contributed by atoms with van der Waals surface area (Å²) < 4.78 is 0. The van der Waals surface area contributed by atoms with E-state index in [1.54, 1.807) is 17.0 Å². The van der Waals surface area contributed by atoms with Crippen molar-refractivity contribution in [1.82, 2.24) is 10.2 Å². The van der Waals surface area contributed by atoms with Crippen molar-refractivity contribution in [2.24, 2.45) is 0 Å². The highest BCUT2D eigenvalue weighted by molar-refractivity contribution is 6.30. The zero-order valence-electron chi connectivity index (χ0n) is 8.74. The average molecular weight is 241 g/mol. The Labute approximate surface area is 98.8 Å². The summed E-state index contributed by atoms with van der Waals surface area (Å²) in [5, 5.41) is 13.2. The average Bonchev–Trinajstić information content (AvgIpc) is 2.29. The minimum atomic E-state index is -0.143. The van der Waals surface area contributed by atoms with Crippen LogP contribution in [-0.2, 0) is 0 Å². The van der Waals surface area contributed by atoms with Gasteiger partial charge in [-0.3, -0.25) is 4.79 Å². The molecule has 0 spiro atoms. The lowest BCUT2D eigenvalue weighted by Gasteiger charge is -2.27. The number of aromatic hydroxyl groups is 1. The highest BCUT2D eigenvalue weighted by Crippen LogP contribution is 2.23. The van der Waals surface area contributed by atoms with E-state index in [-0.39, 0.29) is 11.7 Å². The minimum Gasteiger partial charge on any atom is -0.507 e. The molecule has 1 aliphatic heterocycles. The number of phenolic OH excluding ortho intramolecular Hbond substituents is 1. The lowest BCUT2D eigenvalue weighted by Crippen LogP contribution is -2.46. The van der Waals surface area contributed by atoms with E-state index < -0.39 is 0 Å². The Morgan fingerprint density at radius 1 is 1.38 bits per heavy atom. The van der Waals surface area contributed by atoms with Gasteiger partial charge in [-0.25, -0.2) is 0 Å². The zero-order chi connectivity index (χ0) is 11.5. The molecular weight excluding hydrogens is 228 g/mol. The smallest absolute Gasteiger partial charge is 0.257 e. The van der Waals surface area contributed by atoms with Crippen LogP contribution in [0.25, 0.3) is 0 Å². The van der Waals surface area contributed by atoms with Gasteiger partial charge in [-0.05, 0) is 18.2 Å². The molecule has 0 saturated carbocycles. The molecule has 4 nitrogen and oxygen atoms in total. The second-order valence-corrected chi connectivity index (χ2v) is 4.14. The van der Waals surface area contributed by atoms with Crippen molar-refractivity contribution in [2.45, 2.75) is 0 Å². The second-order valence-electron chi connectivity index (χ2n) is 3.70. The van der Waals surface area contributed by atoms with E-state index in [4.69, 9.17) is 11.6 Å². The fourth-order valence-corrected chi connectivity index (χ4v) is 1.89. The Kier molecular flexibility index (Phi) is 3.31. The van der Waals surface area contributed by atoms with Crippen LogP contribution in [-0.4, -0.2) is 42.1 Å². The number of carbonyl (C=O) groups is 1. The van der Waals surface area contributed by atoms with Gasteiger partial charge >= 0.3 is 0 Å². The molecule has 1 aromatic rings. The van der Waals surface area contributed by atoms with Gasteiger partial charge in [-0.1, -0.05) is 11.6 Å². The first-order valence-electron chi connectivity index (χ1n) is 5.17. The van der Waals surface area contributed by atoms with E-state index in [0.29, 0.717) is 23.7 Å². The molecule has 1 saturated heterocycles. The minimum absolute atomic E-state index is 0.0592. The summed E-state index contributed by atoms with van der Waals surface area (Å²) in [6.07, 6.45) is 0. The first kappa shape index (κ1) is 11.2. The summed E-state index contributed by atoms with van der Waals surface area (Å²) in [7, 11) is 0. The number of benzene rings is 1. The quantitative estimate of drug-likeness (QED) is 0.773. The predicted molar refractivity (Wildman–Crippen MR) is 61.9 cm³/mol. The molecule has 2 N–H and O–H groups in total. The van der Waals surface area contributed by atoms with Crippen molar-refractivity contribution in [3.63, 3.8) is 0 Å². The Balaban J connectivity index is 2.19. The Morgan fingerprint density at radius 2 is 2.06 bits per heavy atom. The van der Waals surface area contributed by atoms with Gasteiger partial charge in [0.2, 0.25) is 0 Å². The highest BCUT2D eigenvalue weighted by atomic mass is 35.5. The number of phenols is 1. The molecule has 1 heterocycles. The summed E-state index contributed by atoms with van der Waals surface area (Å²) in [5.41, 5.74) is 0.311. The van der Waals surface area contributed by atoms with E-state index in [0.717, 1.165) is 13.1 Å². The van der Waals surface area contributed by atoms with Gasteiger partial charge in [0, 0.05) is 31.2 Å². The molecule has 2 rings (SSSR count). The van der Waals surface area contributed by atoms with Crippen molar-refractivity contribution < 1.29 is 9.90 Å². The highest BCUT2D eigenvalue weighted by Gasteiger charge is 2.20. The summed E-state index contributed by atoms with van der Waals surface area (Å²) in [5.74, 6) is -0.202. The second kappa shape index (κ2) is 4.72. The summed E-state index contributed by atoms with van der Waals surface area (Å²) >= 11 is 5.71. The number of carbonyl (C=O) groups excluding carboxylic acids is 1. The van der Waals surface area contributed by atoms with Crippen molar-refractivity contribution in [1.29, 1.82) is 0 Å². The number of halogens is 1. The molecule has 16 heavy (non-hydrogen) atoms. The van der Waals surface area contributed by atoms with Crippen LogP contribution in [0.2, 0.25) is 5.02 Å². The fraction of sp³-hybridized carbons (Fsp3) is 0.364. The third kappa shape index (κ3) is 2.28. The van der Waals surface area contributed by atoms with E-state index in [1.165, 1.54) is 6.07 Å². The molecule has 1 aliphatic rings. The van der Waals surface area contributed by atoms with Gasteiger partial charge in [0.25, 0.3) is 5.91 Å². The molecule has 0 aliphatic carbocycles. The van der Waals surface area contributed by atoms with E-state index in [2.05, 4.69) is 5.32 Å². The third-order valence-electron chi connectivity index (χ3n) is 2.59. The Hall–Kier alpha value is -1.26. The van der Waals surface area contributed by atoms with Crippen LogP contribution in [0.15, 0.2) is 18.2 Å². The molecule has 0 unspecified atom stereocenters. The Bertz CT molecular complexity index is 403. The number of amides is 1. The lowest BCUT2D eigenvalue weighted by molar-refractivity contribution is 0.0733. The summed E-state index contributed by atoms with van der Waals surface area (Å²) in [6.45, 7) is 2.92. The van der Waals surface area contributed by atoms with Crippen molar-refractivity contribution in [2.75, 3.05) is 26.2 Å². The van der Waals surface area contributed by atoms with E-state index in [1.807, 2.05) is 0 Å². The molecule has 0 aromatic heterocycles. The van der Waals surface area contributed by atoms with Crippen LogP contribution in [0.4, 0.5) is 0 Å². The molecule has 0 radical (unpaired) electrons. The van der Waals surface area contributed by atoms with Crippen molar-refractivity contribution in [3.05, 3.63) is 28.8 Å². The van der Waals surface area contributed by atoms with Crippen LogP contribution in [0.1, 0.15) is 10.4 Å². The van der Waals surface area contributed by atoms with Gasteiger partial charge in [0.15, 0.2) is 0 Å². The number of hydrogen-bond acceptors (Lipinski definition) is 3. The van der Waals surface area contributed by atoms with Crippen LogP contribution in [0.5, 0.6) is 5.75 Å². The third-order valence-corrected chi connectivity index (χ3v) is 2.83. The number of piperazine rings is 1. The fourth-order valence-electron chi connectivity index (χ4n) is 1.72. The Morgan fingerprint density at radius 3 is 2.69 bits per heavy atom. The van der Waals surface area contributed by atoms with Crippen LogP contribution in [0, 0.1) is 0 Å². The normalized spacial score (nSPS) is 16.2. The van der Waals surface area contributed by atoms with Gasteiger partial charge in [-0.15, -0.1) is 0 Å². The largest absolute Gasteiger partial charge is 0.507 e. The molecule has 5 heteroatoms. The number of nitrogens with zero attached hydrogens (tertiary/aromatic N) is 1. The lowest BCUT2D eigenvalue weighted by atomic mass is 10.1.